The molecule has 0 aliphatic rings. The van der Waals surface area contributed by atoms with Gasteiger partial charge in [0.2, 0.25) is 0 Å². The number of hydrogen-bond acceptors (Lipinski definition) is 2. The third-order valence-corrected chi connectivity index (χ3v) is 3.61. The zero-order valence-electron chi connectivity index (χ0n) is 13.0. The summed E-state index contributed by atoms with van der Waals surface area (Å²) in [5.74, 6) is 0.387. The smallest absolute Gasteiger partial charge is 0.191 e. The van der Waals surface area contributed by atoms with Crippen LogP contribution in [0, 0.1) is 5.82 Å². The van der Waals surface area contributed by atoms with Crippen LogP contribution in [-0.4, -0.2) is 22.3 Å². The molecule has 2 rings (SSSR count). The van der Waals surface area contributed by atoms with Crippen molar-refractivity contribution in [3.8, 4) is 0 Å². The highest BCUT2D eigenvalue weighted by Gasteiger charge is 2.04. The van der Waals surface area contributed by atoms with E-state index < -0.39 is 0 Å². The fraction of sp³-hybridized carbons (Fsp3) is 0.333. The Morgan fingerprint density at radius 3 is 2.78 bits per heavy atom. The van der Waals surface area contributed by atoms with Crippen molar-refractivity contribution in [1.82, 2.24) is 20.4 Å². The maximum Gasteiger partial charge on any atom is 0.191 e. The van der Waals surface area contributed by atoms with E-state index in [0.29, 0.717) is 18.1 Å². The molecule has 0 aliphatic carbocycles. The average molecular weight is 496 g/mol. The number of nitrogens with zero attached hydrogens (tertiary/aromatic N) is 3. The van der Waals surface area contributed by atoms with E-state index in [1.807, 2.05) is 20.0 Å². The van der Waals surface area contributed by atoms with E-state index in [9.17, 15) is 4.39 Å². The van der Waals surface area contributed by atoms with Gasteiger partial charge in [0.05, 0.1) is 18.8 Å². The number of guanidine groups is 1. The number of aliphatic imine (C=N–C) groups is 1. The van der Waals surface area contributed by atoms with Gasteiger partial charge in [0.15, 0.2) is 5.96 Å². The molecule has 23 heavy (non-hydrogen) atoms. The number of benzene rings is 1. The van der Waals surface area contributed by atoms with Crippen molar-refractivity contribution in [2.24, 2.45) is 12.0 Å². The van der Waals surface area contributed by atoms with Gasteiger partial charge in [-0.15, -0.1) is 24.0 Å². The van der Waals surface area contributed by atoms with Crippen molar-refractivity contribution in [2.45, 2.75) is 20.0 Å². The summed E-state index contributed by atoms with van der Waals surface area (Å²) < 4.78 is 16.4. The second-order valence-corrected chi connectivity index (χ2v) is 5.65. The van der Waals surface area contributed by atoms with Crippen molar-refractivity contribution < 1.29 is 4.39 Å². The second kappa shape index (κ2) is 9.86. The van der Waals surface area contributed by atoms with Crippen LogP contribution in [-0.2, 0) is 20.1 Å². The molecule has 0 spiro atoms. The van der Waals surface area contributed by atoms with Crippen LogP contribution in [0.5, 0.6) is 0 Å². The largest absolute Gasteiger partial charge is 0.357 e. The van der Waals surface area contributed by atoms with Crippen LogP contribution in [0.3, 0.4) is 0 Å². The minimum Gasteiger partial charge on any atom is -0.357 e. The summed E-state index contributed by atoms with van der Waals surface area (Å²) in [6.45, 7) is 3.59. The molecule has 2 N–H and O–H groups in total. The minimum absolute atomic E-state index is 0. The molecule has 1 aromatic carbocycles. The molecule has 2 aromatic rings. The SMILES string of the molecule is CCNC(=NCc1cc(Br)ccc1F)NCc1ccnn1C.I. The van der Waals surface area contributed by atoms with Crippen LogP contribution >= 0.6 is 39.9 Å². The lowest BCUT2D eigenvalue weighted by atomic mass is 10.2. The topological polar surface area (TPSA) is 54.2 Å². The number of halogens is 3. The molecule has 0 saturated heterocycles. The first-order valence-electron chi connectivity index (χ1n) is 7.03. The lowest BCUT2D eigenvalue weighted by Crippen LogP contribution is -2.37. The van der Waals surface area contributed by atoms with Gasteiger partial charge >= 0.3 is 0 Å². The van der Waals surface area contributed by atoms with Gasteiger partial charge in [-0.2, -0.15) is 5.10 Å². The maximum absolute atomic E-state index is 13.7. The van der Waals surface area contributed by atoms with Crippen molar-refractivity contribution in [2.75, 3.05) is 6.54 Å². The zero-order chi connectivity index (χ0) is 15.9. The summed E-state index contributed by atoms with van der Waals surface area (Å²) in [5, 5.41) is 10.5. The molecule has 0 amide bonds. The lowest BCUT2D eigenvalue weighted by Gasteiger charge is -2.11. The van der Waals surface area contributed by atoms with Gasteiger partial charge in [-0.1, -0.05) is 15.9 Å². The molecule has 0 radical (unpaired) electrons. The van der Waals surface area contributed by atoms with Gasteiger partial charge in [-0.05, 0) is 31.2 Å². The van der Waals surface area contributed by atoms with Crippen molar-refractivity contribution >= 4 is 45.9 Å². The first-order chi connectivity index (χ1) is 10.6. The van der Waals surface area contributed by atoms with Crippen LogP contribution < -0.4 is 10.6 Å². The quantitative estimate of drug-likeness (QED) is 0.380. The predicted molar refractivity (Wildman–Crippen MR) is 104 cm³/mol. The van der Waals surface area contributed by atoms with Gasteiger partial charge < -0.3 is 10.6 Å². The van der Waals surface area contributed by atoms with E-state index in [0.717, 1.165) is 16.7 Å². The lowest BCUT2D eigenvalue weighted by molar-refractivity contribution is 0.609. The van der Waals surface area contributed by atoms with Crippen molar-refractivity contribution in [3.05, 3.63) is 52.0 Å². The summed E-state index contributed by atoms with van der Waals surface area (Å²) in [5.41, 5.74) is 1.59. The van der Waals surface area contributed by atoms with Crippen LogP contribution in [0.25, 0.3) is 0 Å². The van der Waals surface area contributed by atoms with Gasteiger partial charge in [0.1, 0.15) is 5.82 Å². The highest BCUT2D eigenvalue weighted by molar-refractivity contribution is 14.0. The monoisotopic (exact) mass is 495 g/mol. The fourth-order valence-electron chi connectivity index (χ4n) is 1.92. The van der Waals surface area contributed by atoms with E-state index >= 15 is 0 Å². The highest BCUT2D eigenvalue weighted by Crippen LogP contribution is 2.16. The van der Waals surface area contributed by atoms with Crippen molar-refractivity contribution in [1.29, 1.82) is 0 Å². The molecule has 0 fully saturated rings. The summed E-state index contributed by atoms with van der Waals surface area (Å²) >= 11 is 3.34. The van der Waals surface area contributed by atoms with Gasteiger partial charge in [0.25, 0.3) is 0 Å². The van der Waals surface area contributed by atoms with Gasteiger partial charge in [-0.25, -0.2) is 9.38 Å². The summed E-state index contributed by atoms with van der Waals surface area (Å²) in [6.07, 6.45) is 1.75. The van der Waals surface area contributed by atoms with Crippen LogP contribution in [0.4, 0.5) is 4.39 Å². The molecule has 1 aromatic heterocycles. The van der Waals surface area contributed by atoms with Crippen LogP contribution in [0.1, 0.15) is 18.2 Å². The number of rotatable bonds is 5. The zero-order valence-corrected chi connectivity index (χ0v) is 16.9. The third-order valence-electron chi connectivity index (χ3n) is 3.12. The number of aryl methyl sites for hydroxylation is 1. The van der Waals surface area contributed by atoms with E-state index in [2.05, 4.69) is 36.7 Å². The maximum atomic E-state index is 13.7. The molecular formula is C15H20BrFIN5. The molecule has 126 valence electrons. The predicted octanol–water partition coefficient (Wildman–Crippen LogP) is 3.20. The first kappa shape index (κ1) is 19.9. The van der Waals surface area contributed by atoms with Gasteiger partial charge in [-0.3, -0.25) is 4.68 Å². The number of nitrogens with one attached hydrogen (secondary N) is 2. The molecule has 5 nitrogen and oxygen atoms in total. The van der Waals surface area contributed by atoms with E-state index in [1.165, 1.54) is 6.07 Å². The standard InChI is InChI=1S/C15H19BrFN5.HI/c1-3-18-15(20-10-13-6-7-21-22(13)2)19-9-11-8-12(16)4-5-14(11)17;/h4-8H,3,9-10H2,1-2H3,(H2,18,19,20);1H. The molecule has 0 bridgehead atoms. The second-order valence-electron chi connectivity index (χ2n) is 4.73. The average Bonchev–Trinajstić information content (AvgIpc) is 2.90. The summed E-state index contributed by atoms with van der Waals surface area (Å²) in [4.78, 5) is 4.42. The molecule has 8 heteroatoms. The summed E-state index contributed by atoms with van der Waals surface area (Å²) in [6, 6.07) is 6.79. The Balaban J connectivity index is 0.00000264. The van der Waals surface area contributed by atoms with Gasteiger partial charge in [0, 0.05) is 29.8 Å². The Morgan fingerprint density at radius 2 is 2.13 bits per heavy atom. The minimum atomic E-state index is -0.255. The van der Waals surface area contributed by atoms with E-state index in [1.54, 1.807) is 23.0 Å². The Hall–Kier alpha value is -1.16. The van der Waals surface area contributed by atoms with E-state index in [4.69, 9.17) is 0 Å². The summed E-state index contributed by atoms with van der Waals surface area (Å²) in [7, 11) is 1.89. The Morgan fingerprint density at radius 1 is 1.35 bits per heavy atom. The fourth-order valence-corrected chi connectivity index (χ4v) is 2.33. The molecule has 0 unspecified atom stereocenters. The Bertz CT molecular complexity index is 659. The number of aromatic nitrogens is 2. The van der Waals surface area contributed by atoms with Crippen molar-refractivity contribution in [3.63, 3.8) is 0 Å². The molecule has 0 saturated carbocycles. The normalized spacial score (nSPS) is 11.0. The highest BCUT2D eigenvalue weighted by atomic mass is 127. The Kier molecular flexibility index (Phi) is 8.53. The molecule has 0 aliphatic heterocycles. The first-order valence-corrected chi connectivity index (χ1v) is 7.82. The third kappa shape index (κ3) is 6.09. The molecular weight excluding hydrogens is 476 g/mol. The van der Waals surface area contributed by atoms with Crippen LogP contribution in [0.15, 0.2) is 39.9 Å². The Labute approximate surface area is 160 Å². The van der Waals surface area contributed by atoms with Crippen LogP contribution in [0.2, 0.25) is 0 Å². The van der Waals surface area contributed by atoms with E-state index in [-0.39, 0.29) is 36.3 Å². The molecule has 0 atom stereocenters. The molecule has 1 heterocycles. The number of hydrogen-bond donors (Lipinski definition) is 2.